The lowest BCUT2D eigenvalue weighted by Crippen LogP contribution is -2.31. The molecule has 0 spiro atoms. The number of aryl methyl sites for hydroxylation is 1. The number of carbonyl (C=O) groups is 1. The molecule has 7 heteroatoms. The van der Waals surface area contributed by atoms with Crippen LogP contribution >= 0.6 is 0 Å². The molecule has 0 bridgehead atoms. The number of carboxylic acid groups (broad SMARTS) is 1. The van der Waals surface area contributed by atoms with Crippen molar-refractivity contribution in [3.8, 4) is 17.6 Å². The number of aliphatic carboxylic acids is 1. The van der Waals surface area contributed by atoms with Gasteiger partial charge < -0.3 is 15.6 Å². The van der Waals surface area contributed by atoms with E-state index in [1.807, 2.05) is 19.1 Å². The molecule has 0 fully saturated rings. The number of aromatic nitrogens is 1. The third-order valence-corrected chi connectivity index (χ3v) is 2.93. The van der Waals surface area contributed by atoms with Crippen LogP contribution in [0.15, 0.2) is 54.2 Å². The van der Waals surface area contributed by atoms with E-state index in [1.165, 1.54) is 0 Å². The number of hydrogen-bond acceptors (Lipinski definition) is 6. The van der Waals surface area contributed by atoms with Gasteiger partial charge in [-0.15, -0.1) is 0 Å². The van der Waals surface area contributed by atoms with Gasteiger partial charge in [0.2, 0.25) is 5.88 Å². The van der Waals surface area contributed by atoms with Gasteiger partial charge in [-0.3, -0.25) is 10.4 Å². The number of ether oxygens (including phenoxy) is 1. The minimum Gasteiger partial charge on any atom is -0.476 e. The summed E-state index contributed by atoms with van der Waals surface area (Å²) >= 11 is 0. The molecule has 0 atom stereocenters. The fourth-order valence-electron chi connectivity index (χ4n) is 1.75. The Morgan fingerprint density at radius 3 is 2.46 bits per heavy atom. The fraction of sp³-hybridized carbons (Fsp3) is 0.0588. The lowest BCUT2D eigenvalue weighted by molar-refractivity contribution is -0.132. The van der Waals surface area contributed by atoms with Crippen molar-refractivity contribution >= 4 is 5.97 Å². The highest BCUT2D eigenvalue weighted by molar-refractivity contribution is 5.85. The molecule has 6 N–H and O–H groups in total. The van der Waals surface area contributed by atoms with Crippen LogP contribution in [0.4, 0.5) is 0 Å². The average Bonchev–Trinajstić information content (AvgIpc) is 2.58. The molecule has 0 saturated heterocycles. The number of hydrogen-bond donors (Lipinski definition) is 4. The molecular weight excluding hydrogens is 308 g/mol. The van der Waals surface area contributed by atoms with Crippen molar-refractivity contribution in [3.63, 3.8) is 0 Å². The fourth-order valence-corrected chi connectivity index (χ4v) is 1.75. The third-order valence-electron chi connectivity index (χ3n) is 2.93. The van der Waals surface area contributed by atoms with Crippen molar-refractivity contribution in [2.24, 2.45) is 11.6 Å². The molecule has 1 heterocycles. The van der Waals surface area contributed by atoms with Crippen molar-refractivity contribution in [1.82, 2.24) is 10.4 Å². The molecular formula is C17H16N4O3. The van der Waals surface area contributed by atoms with Gasteiger partial charge in [-0.05, 0) is 43.3 Å². The zero-order valence-corrected chi connectivity index (χ0v) is 12.9. The highest BCUT2D eigenvalue weighted by atomic mass is 16.5. The van der Waals surface area contributed by atoms with E-state index in [4.69, 9.17) is 21.4 Å². The summed E-state index contributed by atoms with van der Waals surface area (Å²) in [6.45, 7) is 1.90. The molecule has 7 nitrogen and oxygen atoms in total. The highest BCUT2D eigenvalue weighted by Crippen LogP contribution is 2.14. The van der Waals surface area contributed by atoms with Gasteiger partial charge in [-0.1, -0.05) is 11.8 Å². The smallest absolute Gasteiger partial charge is 0.357 e. The van der Waals surface area contributed by atoms with Gasteiger partial charge in [0.15, 0.2) is 5.70 Å². The molecule has 2 rings (SSSR count). The van der Waals surface area contributed by atoms with Crippen LogP contribution in [0.3, 0.4) is 0 Å². The van der Waals surface area contributed by atoms with Crippen LogP contribution in [0.5, 0.6) is 5.75 Å². The highest BCUT2D eigenvalue weighted by Gasteiger charge is 2.11. The first kappa shape index (κ1) is 16.9. The molecule has 0 aliphatic carbocycles. The number of nitrogens with one attached hydrogen (secondary N) is 1. The first-order valence-electron chi connectivity index (χ1n) is 6.92. The van der Waals surface area contributed by atoms with E-state index in [1.54, 1.807) is 30.5 Å². The van der Waals surface area contributed by atoms with Crippen LogP contribution in [0.2, 0.25) is 0 Å². The first-order chi connectivity index (χ1) is 11.5. The molecule has 1 aromatic carbocycles. The quantitative estimate of drug-likeness (QED) is 0.216. The van der Waals surface area contributed by atoms with Gasteiger partial charge in [-0.2, -0.15) is 0 Å². The second kappa shape index (κ2) is 7.67. The summed E-state index contributed by atoms with van der Waals surface area (Å²) in [4.78, 5) is 14.9. The van der Waals surface area contributed by atoms with Crippen molar-refractivity contribution in [1.29, 1.82) is 0 Å². The van der Waals surface area contributed by atoms with Crippen LogP contribution in [0, 0.1) is 18.8 Å². The van der Waals surface area contributed by atoms with Crippen LogP contribution in [-0.2, 0) is 4.79 Å². The lowest BCUT2D eigenvalue weighted by Gasteiger charge is -2.10. The molecule has 0 radical (unpaired) electrons. The summed E-state index contributed by atoms with van der Waals surface area (Å²) in [5.41, 5.74) is 9.50. The lowest BCUT2D eigenvalue weighted by atomic mass is 10.2. The molecule has 0 unspecified atom stereocenters. The van der Waals surface area contributed by atoms with Gasteiger partial charge in [0, 0.05) is 23.0 Å². The summed E-state index contributed by atoms with van der Waals surface area (Å²) in [6, 6.07) is 10.5. The van der Waals surface area contributed by atoms with Gasteiger partial charge in [-0.25, -0.2) is 10.6 Å². The monoisotopic (exact) mass is 324 g/mol. The molecule has 0 aliphatic heterocycles. The van der Waals surface area contributed by atoms with E-state index in [0.717, 1.165) is 16.8 Å². The Hall–Kier alpha value is -3.50. The van der Waals surface area contributed by atoms with Gasteiger partial charge >= 0.3 is 5.97 Å². The number of pyridine rings is 1. The zero-order valence-electron chi connectivity index (χ0n) is 12.9. The van der Waals surface area contributed by atoms with Crippen molar-refractivity contribution in [2.45, 2.75) is 6.92 Å². The standard InChI is InChI=1S/C17H16N4O3/c1-11-10-13(8-9-20-11)3-2-12-4-6-14(7-5-12)24-16(21-19)15(18)17(22)23/h4-10,21H,18-19H2,1H3,(H,22,23)/b16-15+. The Morgan fingerprint density at radius 1 is 1.21 bits per heavy atom. The Labute approximate surface area is 138 Å². The SMILES string of the molecule is Cc1cc(C#Cc2ccc(O/C(NN)=C(/N)C(=O)O)cc2)ccn1. The number of benzene rings is 1. The number of carboxylic acids is 1. The van der Waals surface area contributed by atoms with Crippen LogP contribution in [0.1, 0.15) is 16.8 Å². The number of nitrogens with zero attached hydrogens (tertiary/aromatic N) is 1. The van der Waals surface area contributed by atoms with E-state index in [9.17, 15) is 4.79 Å². The van der Waals surface area contributed by atoms with Crippen LogP contribution < -0.4 is 21.7 Å². The molecule has 2 aromatic rings. The van der Waals surface area contributed by atoms with Crippen LogP contribution in [-0.4, -0.2) is 16.1 Å². The van der Waals surface area contributed by atoms with E-state index in [0.29, 0.717) is 5.75 Å². The second-order valence-electron chi connectivity index (χ2n) is 4.75. The van der Waals surface area contributed by atoms with E-state index < -0.39 is 11.7 Å². The van der Waals surface area contributed by atoms with E-state index in [-0.39, 0.29) is 5.88 Å². The largest absolute Gasteiger partial charge is 0.476 e. The molecule has 0 aliphatic rings. The zero-order chi connectivity index (χ0) is 17.5. The normalized spacial score (nSPS) is 10.9. The summed E-state index contributed by atoms with van der Waals surface area (Å²) in [6.07, 6.45) is 1.71. The van der Waals surface area contributed by atoms with Gasteiger partial charge in [0.1, 0.15) is 5.75 Å². The van der Waals surface area contributed by atoms with E-state index >= 15 is 0 Å². The maximum Gasteiger partial charge on any atom is 0.357 e. The maximum atomic E-state index is 10.8. The van der Waals surface area contributed by atoms with Crippen molar-refractivity contribution < 1.29 is 14.6 Å². The summed E-state index contributed by atoms with van der Waals surface area (Å²) in [5, 5.41) is 8.82. The molecule has 1 aromatic heterocycles. The minimum absolute atomic E-state index is 0.242. The first-order valence-corrected chi connectivity index (χ1v) is 6.92. The number of rotatable bonds is 4. The predicted octanol–water partition coefficient (Wildman–Crippen LogP) is 0.844. The minimum atomic E-state index is -1.34. The second-order valence-corrected chi connectivity index (χ2v) is 4.75. The topological polar surface area (TPSA) is 123 Å². The summed E-state index contributed by atoms with van der Waals surface area (Å²) in [7, 11) is 0. The molecule has 0 saturated carbocycles. The predicted molar refractivity (Wildman–Crippen MR) is 88.2 cm³/mol. The van der Waals surface area contributed by atoms with E-state index in [2.05, 4.69) is 22.3 Å². The number of nitrogens with two attached hydrogens (primary N) is 2. The summed E-state index contributed by atoms with van der Waals surface area (Å²) < 4.78 is 5.30. The van der Waals surface area contributed by atoms with Crippen molar-refractivity contribution in [3.05, 3.63) is 71.0 Å². The van der Waals surface area contributed by atoms with Gasteiger partial charge in [0.25, 0.3) is 0 Å². The Morgan fingerprint density at radius 2 is 1.88 bits per heavy atom. The summed E-state index contributed by atoms with van der Waals surface area (Å²) in [5.74, 6) is 10.1. The molecule has 24 heavy (non-hydrogen) atoms. The Balaban J connectivity index is 2.14. The Kier molecular flexibility index (Phi) is 5.39. The van der Waals surface area contributed by atoms with Crippen LogP contribution in [0.25, 0.3) is 0 Å². The van der Waals surface area contributed by atoms with Crippen molar-refractivity contribution in [2.75, 3.05) is 0 Å². The maximum absolute atomic E-state index is 10.8. The van der Waals surface area contributed by atoms with Gasteiger partial charge in [0.05, 0.1) is 0 Å². The molecule has 122 valence electrons. The third kappa shape index (κ3) is 4.50. The average molecular weight is 324 g/mol. The Bertz CT molecular complexity index is 833. The number of hydrazine groups is 1. The molecule has 0 amide bonds.